The molecule has 0 saturated heterocycles. The SMILES string of the molecule is C=CC(=O)OCCCc1ccc(-c2ccc(OC(=O)C=C)cc2)cc1. The lowest BCUT2D eigenvalue weighted by Crippen LogP contribution is -2.02. The van der Waals surface area contributed by atoms with E-state index in [0.717, 1.165) is 30.0 Å². The molecule has 2 aromatic rings. The van der Waals surface area contributed by atoms with Gasteiger partial charge in [0.15, 0.2) is 0 Å². The number of rotatable bonds is 8. The first-order chi connectivity index (χ1) is 12.1. The molecule has 0 aliphatic rings. The minimum absolute atomic E-state index is 0.386. The van der Waals surface area contributed by atoms with Gasteiger partial charge in [0, 0.05) is 12.2 Å². The van der Waals surface area contributed by atoms with Gasteiger partial charge in [0.1, 0.15) is 5.75 Å². The van der Waals surface area contributed by atoms with Crippen LogP contribution in [0.2, 0.25) is 0 Å². The van der Waals surface area contributed by atoms with Crippen LogP contribution in [0, 0.1) is 0 Å². The molecule has 2 rings (SSSR count). The first-order valence-electron chi connectivity index (χ1n) is 7.95. The summed E-state index contributed by atoms with van der Waals surface area (Å²) in [5.41, 5.74) is 3.28. The second kappa shape index (κ2) is 9.23. The van der Waals surface area contributed by atoms with Gasteiger partial charge in [0.25, 0.3) is 0 Å². The minimum Gasteiger partial charge on any atom is -0.463 e. The lowest BCUT2D eigenvalue weighted by Gasteiger charge is -2.06. The van der Waals surface area contributed by atoms with Crippen LogP contribution in [0.1, 0.15) is 12.0 Å². The zero-order valence-electron chi connectivity index (χ0n) is 13.9. The number of aryl methyl sites for hydroxylation is 1. The Morgan fingerprint density at radius 2 is 1.40 bits per heavy atom. The number of hydrogen-bond acceptors (Lipinski definition) is 4. The molecule has 0 N–H and O–H groups in total. The number of carbonyl (C=O) groups is 2. The molecule has 0 spiro atoms. The summed E-state index contributed by atoms with van der Waals surface area (Å²) in [5.74, 6) is -0.382. The predicted molar refractivity (Wildman–Crippen MR) is 97.2 cm³/mol. The third-order valence-corrected chi connectivity index (χ3v) is 3.55. The second-order valence-electron chi connectivity index (χ2n) is 5.32. The van der Waals surface area contributed by atoms with Crippen LogP contribution in [0.25, 0.3) is 11.1 Å². The first kappa shape index (κ1) is 18.2. The molecule has 0 aliphatic heterocycles. The smallest absolute Gasteiger partial charge is 0.335 e. The molecular weight excluding hydrogens is 316 g/mol. The number of ether oxygens (including phenoxy) is 2. The van der Waals surface area contributed by atoms with E-state index in [1.54, 1.807) is 12.1 Å². The zero-order valence-corrected chi connectivity index (χ0v) is 13.9. The summed E-state index contributed by atoms with van der Waals surface area (Å²) >= 11 is 0. The molecule has 0 aromatic heterocycles. The number of hydrogen-bond donors (Lipinski definition) is 0. The van der Waals surface area contributed by atoms with Crippen LogP contribution in [0.5, 0.6) is 5.75 Å². The molecular formula is C21H20O4. The molecule has 0 atom stereocenters. The Labute approximate surface area is 147 Å². The van der Waals surface area contributed by atoms with Crippen molar-refractivity contribution in [2.24, 2.45) is 0 Å². The third-order valence-electron chi connectivity index (χ3n) is 3.55. The molecule has 0 heterocycles. The molecule has 0 amide bonds. The molecule has 4 nitrogen and oxygen atoms in total. The minimum atomic E-state index is -0.476. The predicted octanol–water partition coefficient (Wildman–Crippen LogP) is 4.11. The lowest BCUT2D eigenvalue weighted by molar-refractivity contribution is -0.137. The molecule has 0 saturated carbocycles. The van der Waals surface area contributed by atoms with Gasteiger partial charge in [-0.05, 0) is 41.7 Å². The number of benzene rings is 2. The van der Waals surface area contributed by atoms with Gasteiger partial charge >= 0.3 is 11.9 Å². The first-order valence-corrected chi connectivity index (χ1v) is 7.95. The van der Waals surface area contributed by atoms with Crippen LogP contribution in [0.4, 0.5) is 0 Å². The highest BCUT2D eigenvalue weighted by Gasteiger charge is 2.02. The highest BCUT2D eigenvalue weighted by atomic mass is 16.5. The quantitative estimate of drug-likeness (QED) is 0.315. The lowest BCUT2D eigenvalue weighted by atomic mass is 10.0. The van der Waals surface area contributed by atoms with Gasteiger partial charge in [-0.3, -0.25) is 0 Å². The molecule has 25 heavy (non-hydrogen) atoms. The highest BCUT2D eigenvalue weighted by Crippen LogP contribution is 2.23. The molecule has 0 unspecified atom stereocenters. The number of carbonyl (C=O) groups excluding carboxylic acids is 2. The highest BCUT2D eigenvalue weighted by molar-refractivity contribution is 5.83. The van der Waals surface area contributed by atoms with E-state index in [0.29, 0.717) is 12.4 Å². The van der Waals surface area contributed by atoms with Crippen molar-refractivity contribution in [1.29, 1.82) is 0 Å². The Bertz CT molecular complexity index is 742. The van der Waals surface area contributed by atoms with Crippen molar-refractivity contribution >= 4 is 11.9 Å². The van der Waals surface area contributed by atoms with Gasteiger partial charge in [-0.2, -0.15) is 0 Å². The summed E-state index contributed by atoms with van der Waals surface area (Å²) in [5, 5.41) is 0. The molecule has 0 fully saturated rings. The topological polar surface area (TPSA) is 52.6 Å². The summed E-state index contributed by atoms with van der Waals surface area (Å²) in [7, 11) is 0. The Morgan fingerprint density at radius 3 is 1.96 bits per heavy atom. The largest absolute Gasteiger partial charge is 0.463 e. The fourth-order valence-electron chi connectivity index (χ4n) is 2.25. The van der Waals surface area contributed by atoms with Gasteiger partial charge in [0.05, 0.1) is 6.61 Å². The van der Waals surface area contributed by atoms with Crippen LogP contribution in [-0.2, 0) is 20.7 Å². The Hall–Kier alpha value is -3.14. The maximum atomic E-state index is 11.2. The fraction of sp³-hybridized carbons (Fsp3) is 0.143. The standard InChI is InChI=1S/C21H20O4/c1-3-20(22)24-15-5-6-16-7-9-17(10-8-16)18-11-13-19(14-12-18)25-21(23)4-2/h3-4,7-14H,1-2,5-6,15H2. The van der Waals surface area contributed by atoms with Crippen molar-refractivity contribution in [3.05, 3.63) is 79.4 Å². The average molecular weight is 336 g/mol. The van der Waals surface area contributed by atoms with Crippen LogP contribution in [0.15, 0.2) is 73.8 Å². The van der Waals surface area contributed by atoms with E-state index in [9.17, 15) is 9.59 Å². The van der Waals surface area contributed by atoms with E-state index in [4.69, 9.17) is 9.47 Å². The summed E-state index contributed by atoms with van der Waals surface area (Å²) in [4.78, 5) is 22.1. The van der Waals surface area contributed by atoms with E-state index >= 15 is 0 Å². The zero-order chi connectivity index (χ0) is 18.1. The van der Waals surface area contributed by atoms with Gasteiger partial charge in [-0.25, -0.2) is 9.59 Å². The molecule has 0 radical (unpaired) electrons. The van der Waals surface area contributed by atoms with E-state index in [1.807, 2.05) is 24.3 Å². The molecule has 4 heteroatoms. The fourth-order valence-corrected chi connectivity index (χ4v) is 2.25. The van der Waals surface area contributed by atoms with E-state index in [1.165, 1.54) is 11.6 Å². The Morgan fingerprint density at radius 1 is 0.840 bits per heavy atom. The van der Waals surface area contributed by atoms with Crippen molar-refractivity contribution in [1.82, 2.24) is 0 Å². The van der Waals surface area contributed by atoms with Crippen molar-refractivity contribution in [3.8, 4) is 16.9 Å². The van der Waals surface area contributed by atoms with Gasteiger partial charge < -0.3 is 9.47 Å². The Kier molecular flexibility index (Phi) is 6.72. The van der Waals surface area contributed by atoms with E-state index in [2.05, 4.69) is 25.3 Å². The van der Waals surface area contributed by atoms with Crippen LogP contribution >= 0.6 is 0 Å². The number of esters is 2. The normalized spacial score (nSPS) is 9.92. The van der Waals surface area contributed by atoms with Crippen molar-refractivity contribution < 1.29 is 19.1 Å². The van der Waals surface area contributed by atoms with Crippen LogP contribution in [0.3, 0.4) is 0 Å². The molecule has 2 aromatic carbocycles. The van der Waals surface area contributed by atoms with Gasteiger partial charge in [-0.15, -0.1) is 0 Å². The van der Waals surface area contributed by atoms with Crippen molar-refractivity contribution in [2.75, 3.05) is 6.61 Å². The van der Waals surface area contributed by atoms with Gasteiger partial charge in [-0.1, -0.05) is 49.6 Å². The molecule has 0 aliphatic carbocycles. The summed E-state index contributed by atoms with van der Waals surface area (Å²) in [6.45, 7) is 7.11. The van der Waals surface area contributed by atoms with Gasteiger partial charge in [0.2, 0.25) is 0 Å². The molecule has 128 valence electrons. The van der Waals surface area contributed by atoms with E-state index < -0.39 is 11.9 Å². The summed E-state index contributed by atoms with van der Waals surface area (Å²) < 4.78 is 10.0. The monoisotopic (exact) mass is 336 g/mol. The summed E-state index contributed by atoms with van der Waals surface area (Å²) in [6, 6.07) is 15.5. The van der Waals surface area contributed by atoms with Crippen LogP contribution in [-0.4, -0.2) is 18.5 Å². The second-order valence-corrected chi connectivity index (χ2v) is 5.32. The average Bonchev–Trinajstić information content (AvgIpc) is 2.66. The maximum Gasteiger partial charge on any atom is 0.335 e. The van der Waals surface area contributed by atoms with Crippen molar-refractivity contribution in [3.63, 3.8) is 0 Å². The third kappa shape index (κ3) is 5.77. The van der Waals surface area contributed by atoms with Crippen LogP contribution < -0.4 is 4.74 Å². The summed E-state index contributed by atoms with van der Waals surface area (Å²) in [6.07, 6.45) is 3.90. The molecule has 0 bridgehead atoms. The van der Waals surface area contributed by atoms with E-state index in [-0.39, 0.29) is 0 Å². The maximum absolute atomic E-state index is 11.2. The Balaban J connectivity index is 1.90. The van der Waals surface area contributed by atoms with Crippen molar-refractivity contribution in [2.45, 2.75) is 12.8 Å².